The van der Waals surface area contributed by atoms with Crippen molar-refractivity contribution in [2.24, 2.45) is 0 Å². The monoisotopic (exact) mass is 431 g/mol. The molecule has 1 N–H and O–H groups in total. The van der Waals surface area contributed by atoms with Crippen LogP contribution in [-0.2, 0) is 19.3 Å². The number of imidazole rings is 1. The van der Waals surface area contributed by atoms with Crippen molar-refractivity contribution in [1.29, 1.82) is 0 Å². The number of hydrogen-bond donors (Lipinski definition) is 1. The summed E-state index contributed by atoms with van der Waals surface area (Å²) >= 11 is 0. The van der Waals surface area contributed by atoms with Gasteiger partial charge in [-0.25, -0.2) is 9.78 Å². The Balaban J connectivity index is 1.35. The Kier molecular flexibility index (Phi) is 5.75. The SMILES string of the molecule is CCn1c(CNC(=O)N2CCN(c3cccc(C(F)(F)F)c3)CC2)nc2ccccc21. The molecule has 6 nitrogen and oxygen atoms in total. The highest BCUT2D eigenvalue weighted by molar-refractivity contribution is 5.77. The number of alkyl halides is 3. The molecular weight excluding hydrogens is 407 g/mol. The molecule has 0 bridgehead atoms. The lowest BCUT2D eigenvalue weighted by molar-refractivity contribution is -0.137. The highest BCUT2D eigenvalue weighted by Gasteiger charge is 2.31. The molecule has 0 unspecified atom stereocenters. The third kappa shape index (κ3) is 4.45. The summed E-state index contributed by atoms with van der Waals surface area (Å²) in [7, 11) is 0. The number of para-hydroxylation sites is 2. The van der Waals surface area contributed by atoms with Crippen LogP contribution in [-0.4, -0.2) is 46.7 Å². The van der Waals surface area contributed by atoms with Gasteiger partial charge in [0.05, 0.1) is 23.1 Å². The van der Waals surface area contributed by atoms with Crippen LogP contribution in [0.5, 0.6) is 0 Å². The summed E-state index contributed by atoms with van der Waals surface area (Å²) in [6.45, 7) is 4.92. The maximum atomic E-state index is 13.0. The van der Waals surface area contributed by atoms with E-state index >= 15 is 0 Å². The van der Waals surface area contributed by atoms with E-state index in [-0.39, 0.29) is 6.03 Å². The molecule has 1 aromatic heterocycles. The van der Waals surface area contributed by atoms with Gasteiger partial charge in [0.2, 0.25) is 0 Å². The minimum Gasteiger partial charge on any atom is -0.368 e. The highest BCUT2D eigenvalue weighted by Crippen LogP contribution is 2.31. The van der Waals surface area contributed by atoms with Crippen molar-refractivity contribution in [2.45, 2.75) is 26.2 Å². The number of halogens is 3. The van der Waals surface area contributed by atoms with Crippen LogP contribution in [0.4, 0.5) is 23.7 Å². The number of nitrogens with zero attached hydrogens (tertiary/aromatic N) is 4. The minimum atomic E-state index is -4.37. The van der Waals surface area contributed by atoms with E-state index in [0.29, 0.717) is 38.4 Å². The lowest BCUT2D eigenvalue weighted by Crippen LogP contribution is -2.51. The quantitative estimate of drug-likeness (QED) is 0.677. The summed E-state index contributed by atoms with van der Waals surface area (Å²) in [4.78, 5) is 20.8. The predicted octanol–water partition coefficient (Wildman–Crippen LogP) is 4.11. The van der Waals surface area contributed by atoms with E-state index in [9.17, 15) is 18.0 Å². The van der Waals surface area contributed by atoms with Gasteiger partial charge < -0.3 is 19.7 Å². The largest absolute Gasteiger partial charge is 0.416 e. The predicted molar refractivity (Wildman–Crippen MR) is 113 cm³/mol. The van der Waals surface area contributed by atoms with Crippen LogP contribution in [0, 0.1) is 0 Å². The van der Waals surface area contributed by atoms with Crippen molar-refractivity contribution in [2.75, 3.05) is 31.1 Å². The standard InChI is InChI=1S/C22H24F3N5O/c1-2-30-19-9-4-3-8-18(19)27-20(30)15-26-21(31)29-12-10-28(11-13-29)17-7-5-6-16(14-17)22(23,24)25/h3-9,14H,2,10-13,15H2,1H3,(H,26,31). The Bertz CT molecular complexity index is 1070. The van der Waals surface area contributed by atoms with E-state index in [4.69, 9.17) is 0 Å². The molecule has 1 aliphatic rings. The molecule has 2 amide bonds. The fraction of sp³-hybridized carbons (Fsp3) is 0.364. The Hall–Kier alpha value is -3.23. The number of piperazine rings is 1. The number of amides is 2. The van der Waals surface area contributed by atoms with Crippen molar-refractivity contribution < 1.29 is 18.0 Å². The summed E-state index contributed by atoms with van der Waals surface area (Å²) in [5, 5.41) is 2.92. The van der Waals surface area contributed by atoms with Gasteiger partial charge in [0.1, 0.15) is 5.82 Å². The molecule has 164 valence electrons. The normalized spacial score (nSPS) is 14.8. The summed E-state index contributed by atoms with van der Waals surface area (Å²) in [6, 6.07) is 12.9. The number of urea groups is 1. The van der Waals surface area contributed by atoms with E-state index < -0.39 is 11.7 Å². The first kappa shape index (κ1) is 21.0. The van der Waals surface area contributed by atoms with Crippen molar-refractivity contribution >= 4 is 22.8 Å². The molecule has 9 heteroatoms. The zero-order chi connectivity index (χ0) is 22.0. The van der Waals surface area contributed by atoms with Crippen molar-refractivity contribution in [3.05, 3.63) is 59.9 Å². The Morgan fingerprint density at radius 3 is 2.52 bits per heavy atom. The number of benzene rings is 2. The third-order valence-electron chi connectivity index (χ3n) is 5.55. The number of fused-ring (bicyclic) bond motifs is 1. The number of aryl methyl sites for hydroxylation is 1. The fourth-order valence-electron chi connectivity index (χ4n) is 3.93. The number of nitrogens with one attached hydrogen (secondary N) is 1. The Morgan fingerprint density at radius 1 is 1.06 bits per heavy atom. The van der Waals surface area contributed by atoms with Gasteiger partial charge in [-0.1, -0.05) is 18.2 Å². The van der Waals surface area contributed by atoms with E-state index in [2.05, 4.69) is 14.9 Å². The summed E-state index contributed by atoms with van der Waals surface area (Å²) in [5.41, 5.74) is 1.78. The number of carbonyl (C=O) groups is 1. The van der Waals surface area contributed by atoms with Gasteiger partial charge in [-0.2, -0.15) is 13.2 Å². The number of rotatable bonds is 4. The van der Waals surface area contributed by atoms with Gasteiger partial charge in [-0.05, 0) is 37.3 Å². The van der Waals surface area contributed by atoms with Crippen LogP contribution in [0.15, 0.2) is 48.5 Å². The molecule has 2 heterocycles. The molecule has 1 saturated heterocycles. The van der Waals surface area contributed by atoms with E-state index in [1.54, 1.807) is 11.0 Å². The first-order valence-electron chi connectivity index (χ1n) is 10.3. The van der Waals surface area contributed by atoms with Crippen LogP contribution < -0.4 is 10.2 Å². The van der Waals surface area contributed by atoms with Gasteiger partial charge in [0.15, 0.2) is 0 Å². The molecule has 0 spiro atoms. The molecule has 1 fully saturated rings. The highest BCUT2D eigenvalue weighted by atomic mass is 19.4. The van der Waals surface area contributed by atoms with Crippen LogP contribution in [0.2, 0.25) is 0 Å². The third-order valence-corrected chi connectivity index (χ3v) is 5.55. The molecular formula is C22H24F3N5O. The zero-order valence-corrected chi connectivity index (χ0v) is 17.2. The molecule has 4 rings (SSSR count). The number of carbonyl (C=O) groups excluding carboxylic acids is 1. The van der Waals surface area contributed by atoms with Gasteiger partial charge in [0.25, 0.3) is 0 Å². The van der Waals surface area contributed by atoms with Crippen molar-refractivity contribution in [1.82, 2.24) is 19.8 Å². The number of aromatic nitrogens is 2. The maximum absolute atomic E-state index is 13.0. The second kappa shape index (κ2) is 8.49. The molecule has 3 aromatic rings. The van der Waals surface area contributed by atoms with Gasteiger partial charge in [-0.15, -0.1) is 0 Å². The molecule has 2 aromatic carbocycles. The Morgan fingerprint density at radius 2 is 1.81 bits per heavy atom. The molecule has 31 heavy (non-hydrogen) atoms. The first-order valence-corrected chi connectivity index (χ1v) is 10.3. The lowest BCUT2D eigenvalue weighted by Gasteiger charge is -2.36. The van der Waals surface area contributed by atoms with Crippen LogP contribution >= 0.6 is 0 Å². The molecule has 1 aliphatic heterocycles. The van der Waals surface area contributed by atoms with Gasteiger partial charge >= 0.3 is 12.2 Å². The average molecular weight is 431 g/mol. The van der Waals surface area contributed by atoms with E-state index in [1.807, 2.05) is 36.1 Å². The van der Waals surface area contributed by atoms with Crippen molar-refractivity contribution in [3.63, 3.8) is 0 Å². The van der Waals surface area contributed by atoms with Gasteiger partial charge in [0, 0.05) is 38.4 Å². The Labute approximate surface area is 178 Å². The summed E-state index contributed by atoms with van der Waals surface area (Å²) in [6.07, 6.45) is -4.37. The smallest absolute Gasteiger partial charge is 0.368 e. The number of hydrogen-bond acceptors (Lipinski definition) is 3. The van der Waals surface area contributed by atoms with Crippen LogP contribution in [0.3, 0.4) is 0 Å². The van der Waals surface area contributed by atoms with E-state index in [0.717, 1.165) is 35.5 Å². The van der Waals surface area contributed by atoms with Crippen LogP contribution in [0.25, 0.3) is 11.0 Å². The minimum absolute atomic E-state index is 0.196. The first-order chi connectivity index (χ1) is 14.9. The van der Waals surface area contributed by atoms with Crippen LogP contribution in [0.1, 0.15) is 18.3 Å². The van der Waals surface area contributed by atoms with Gasteiger partial charge in [-0.3, -0.25) is 0 Å². The fourth-order valence-corrected chi connectivity index (χ4v) is 3.93. The average Bonchev–Trinajstić information content (AvgIpc) is 3.14. The second-order valence-corrected chi connectivity index (χ2v) is 7.44. The summed E-state index contributed by atoms with van der Waals surface area (Å²) < 4.78 is 41.0. The van der Waals surface area contributed by atoms with Crippen molar-refractivity contribution in [3.8, 4) is 0 Å². The van der Waals surface area contributed by atoms with E-state index in [1.165, 1.54) is 6.07 Å². The lowest BCUT2D eigenvalue weighted by atomic mass is 10.1. The molecule has 0 atom stereocenters. The molecule has 0 radical (unpaired) electrons. The second-order valence-electron chi connectivity index (χ2n) is 7.44. The summed E-state index contributed by atoms with van der Waals surface area (Å²) in [5.74, 6) is 0.791. The zero-order valence-electron chi connectivity index (χ0n) is 17.2. The number of anilines is 1. The maximum Gasteiger partial charge on any atom is 0.416 e. The molecule has 0 saturated carbocycles. The molecule has 0 aliphatic carbocycles. The topological polar surface area (TPSA) is 53.4 Å².